The molecule has 1 saturated heterocycles. The van der Waals surface area contributed by atoms with Crippen molar-refractivity contribution in [2.45, 2.75) is 26.3 Å². The van der Waals surface area contributed by atoms with E-state index in [1.165, 1.54) is 15.9 Å². The number of carbonyl (C=O) groups excluding carboxylic acids is 1. The number of hydrogen-bond donors (Lipinski definition) is 1. The third-order valence-corrected chi connectivity index (χ3v) is 6.55. The summed E-state index contributed by atoms with van der Waals surface area (Å²) in [5.74, 6) is 0.895. The number of halogens is 1. The van der Waals surface area contributed by atoms with Gasteiger partial charge in [-0.25, -0.2) is 4.98 Å². The highest BCUT2D eigenvalue weighted by Gasteiger charge is 2.33. The van der Waals surface area contributed by atoms with E-state index < -0.39 is 0 Å². The van der Waals surface area contributed by atoms with E-state index in [2.05, 4.69) is 15.0 Å². The molecule has 28 heavy (non-hydrogen) atoms. The SMILES string of the molecule is CCc1nc2sc([C@H](c3ccccc3Cl)N3CCN(C(C)=O)CC3)c(O)n2n1. The van der Waals surface area contributed by atoms with Gasteiger partial charge in [0.15, 0.2) is 5.82 Å². The second-order valence-corrected chi connectivity index (χ2v) is 8.25. The molecule has 0 saturated carbocycles. The first-order valence-corrected chi connectivity index (χ1v) is 10.5. The van der Waals surface area contributed by atoms with E-state index in [9.17, 15) is 9.90 Å². The highest BCUT2D eigenvalue weighted by atomic mass is 35.5. The largest absolute Gasteiger partial charge is 0.492 e. The minimum atomic E-state index is -0.221. The molecule has 0 unspecified atom stereocenters. The molecule has 7 nitrogen and oxygen atoms in total. The third-order valence-electron chi connectivity index (χ3n) is 5.13. The van der Waals surface area contributed by atoms with Gasteiger partial charge >= 0.3 is 0 Å². The summed E-state index contributed by atoms with van der Waals surface area (Å²) < 4.78 is 1.51. The number of rotatable bonds is 4. The number of fused-ring (bicyclic) bond motifs is 1. The molecule has 9 heteroatoms. The van der Waals surface area contributed by atoms with Crippen molar-refractivity contribution in [2.24, 2.45) is 0 Å². The molecule has 1 N–H and O–H groups in total. The predicted molar refractivity (Wildman–Crippen MR) is 109 cm³/mol. The van der Waals surface area contributed by atoms with Gasteiger partial charge in [0.1, 0.15) is 0 Å². The fourth-order valence-corrected chi connectivity index (χ4v) is 4.98. The van der Waals surface area contributed by atoms with E-state index >= 15 is 0 Å². The lowest BCUT2D eigenvalue weighted by Gasteiger charge is -2.39. The maximum atomic E-state index is 11.7. The average molecular weight is 420 g/mol. The van der Waals surface area contributed by atoms with Crippen LogP contribution in [0.25, 0.3) is 4.96 Å². The normalized spacial score (nSPS) is 16.6. The van der Waals surface area contributed by atoms with Gasteiger partial charge in [-0.3, -0.25) is 9.69 Å². The number of aromatic hydroxyl groups is 1. The Morgan fingerprint density at radius 3 is 2.61 bits per heavy atom. The molecule has 2 aromatic heterocycles. The number of thiazole rings is 1. The van der Waals surface area contributed by atoms with Gasteiger partial charge in [0.2, 0.25) is 16.7 Å². The zero-order chi connectivity index (χ0) is 19.8. The lowest BCUT2D eigenvalue weighted by atomic mass is 10.0. The van der Waals surface area contributed by atoms with Crippen molar-refractivity contribution < 1.29 is 9.90 Å². The fraction of sp³-hybridized carbons (Fsp3) is 0.421. The zero-order valence-corrected chi connectivity index (χ0v) is 17.4. The van der Waals surface area contributed by atoms with Crippen LogP contribution in [-0.4, -0.2) is 61.6 Å². The molecule has 148 valence electrons. The lowest BCUT2D eigenvalue weighted by Crippen LogP contribution is -2.49. The Kier molecular flexibility index (Phi) is 5.27. The van der Waals surface area contributed by atoms with Crippen molar-refractivity contribution in [2.75, 3.05) is 26.2 Å². The summed E-state index contributed by atoms with van der Waals surface area (Å²) in [6.45, 7) is 6.28. The number of aromatic nitrogens is 3. The summed E-state index contributed by atoms with van der Waals surface area (Å²) in [5, 5.41) is 16.0. The van der Waals surface area contributed by atoms with Crippen molar-refractivity contribution in [3.05, 3.63) is 45.6 Å². The number of carbonyl (C=O) groups is 1. The first-order chi connectivity index (χ1) is 13.5. The van der Waals surface area contributed by atoms with Gasteiger partial charge in [-0.05, 0) is 11.6 Å². The molecular weight excluding hydrogens is 398 g/mol. The summed E-state index contributed by atoms with van der Waals surface area (Å²) in [6.07, 6.45) is 0.712. The summed E-state index contributed by atoms with van der Waals surface area (Å²) in [7, 11) is 0. The number of aryl methyl sites for hydroxylation is 1. The van der Waals surface area contributed by atoms with Crippen LogP contribution in [0.15, 0.2) is 24.3 Å². The maximum Gasteiger partial charge on any atom is 0.230 e. The van der Waals surface area contributed by atoms with E-state index in [0.717, 1.165) is 10.4 Å². The van der Waals surface area contributed by atoms with Crippen molar-refractivity contribution >= 4 is 33.8 Å². The van der Waals surface area contributed by atoms with Gasteiger partial charge in [0.25, 0.3) is 0 Å². The summed E-state index contributed by atoms with van der Waals surface area (Å²) in [4.78, 5) is 21.7. The molecule has 0 aliphatic carbocycles. The van der Waals surface area contributed by atoms with Crippen LogP contribution >= 0.6 is 22.9 Å². The lowest BCUT2D eigenvalue weighted by molar-refractivity contribution is -0.130. The number of nitrogens with zero attached hydrogens (tertiary/aromatic N) is 5. The third kappa shape index (κ3) is 3.36. The van der Waals surface area contributed by atoms with E-state index in [1.807, 2.05) is 36.1 Å². The molecule has 3 aromatic rings. The molecule has 0 spiro atoms. The Hall–Kier alpha value is -2.16. The van der Waals surface area contributed by atoms with Crippen LogP contribution < -0.4 is 0 Å². The number of hydrogen-bond acceptors (Lipinski definition) is 6. The number of amides is 1. The van der Waals surface area contributed by atoms with Gasteiger partial charge in [0, 0.05) is 44.5 Å². The van der Waals surface area contributed by atoms with Crippen LogP contribution in [0.5, 0.6) is 5.88 Å². The van der Waals surface area contributed by atoms with Gasteiger partial charge in [-0.1, -0.05) is 48.1 Å². The van der Waals surface area contributed by atoms with Crippen molar-refractivity contribution in [3.63, 3.8) is 0 Å². The smallest absolute Gasteiger partial charge is 0.230 e. The number of piperazine rings is 1. The van der Waals surface area contributed by atoms with Crippen molar-refractivity contribution in [1.29, 1.82) is 0 Å². The molecular formula is C19H22ClN5O2S. The Bertz CT molecular complexity index is 1010. The topological polar surface area (TPSA) is 74.0 Å². The first-order valence-electron chi connectivity index (χ1n) is 9.31. The number of benzene rings is 1. The molecule has 1 atom stereocenters. The van der Waals surface area contributed by atoms with E-state index in [-0.39, 0.29) is 17.8 Å². The molecule has 4 rings (SSSR count). The average Bonchev–Trinajstić information content (AvgIpc) is 3.23. The van der Waals surface area contributed by atoms with E-state index in [0.29, 0.717) is 48.4 Å². The van der Waals surface area contributed by atoms with Crippen LogP contribution in [0.2, 0.25) is 5.02 Å². The molecule has 1 aliphatic heterocycles. The highest BCUT2D eigenvalue weighted by Crippen LogP contribution is 2.42. The molecule has 0 radical (unpaired) electrons. The van der Waals surface area contributed by atoms with Gasteiger partial charge in [-0.15, -0.1) is 5.10 Å². The molecule has 1 amide bonds. The monoisotopic (exact) mass is 419 g/mol. The summed E-state index contributed by atoms with van der Waals surface area (Å²) in [6, 6.07) is 7.47. The minimum absolute atomic E-state index is 0.0858. The van der Waals surface area contributed by atoms with E-state index in [1.54, 1.807) is 6.92 Å². The quantitative estimate of drug-likeness (QED) is 0.703. The van der Waals surface area contributed by atoms with Crippen molar-refractivity contribution in [3.8, 4) is 5.88 Å². The van der Waals surface area contributed by atoms with Gasteiger partial charge < -0.3 is 10.0 Å². The standard InChI is InChI=1S/C19H22ClN5O2S/c1-3-15-21-19-25(22-15)18(27)17(28-19)16(13-6-4-5-7-14(13)20)24-10-8-23(9-11-24)12(2)26/h4-7,16,27H,3,8-11H2,1-2H3/t16-/m0/s1. The van der Waals surface area contributed by atoms with Gasteiger partial charge in [-0.2, -0.15) is 4.52 Å². The Balaban J connectivity index is 1.76. The van der Waals surface area contributed by atoms with Crippen LogP contribution in [0.3, 0.4) is 0 Å². The first kappa shape index (κ1) is 19.2. The second-order valence-electron chi connectivity index (χ2n) is 6.83. The van der Waals surface area contributed by atoms with Crippen LogP contribution in [0.1, 0.15) is 36.2 Å². The summed E-state index contributed by atoms with van der Waals surface area (Å²) in [5.41, 5.74) is 0.927. The molecule has 0 bridgehead atoms. The van der Waals surface area contributed by atoms with E-state index in [4.69, 9.17) is 11.6 Å². The molecule has 3 heterocycles. The molecule has 1 aromatic carbocycles. The second kappa shape index (κ2) is 7.69. The fourth-order valence-electron chi connectivity index (χ4n) is 3.61. The van der Waals surface area contributed by atoms with Crippen LogP contribution in [0, 0.1) is 0 Å². The van der Waals surface area contributed by atoms with Crippen LogP contribution in [0.4, 0.5) is 0 Å². The van der Waals surface area contributed by atoms with Crippen LogP contribution in [-0.2, 0) is 11.2 Å². The molecule has 1 aliphatic rings. The Morgan fingerprint density at radius 2 is 2.00 bits per heavy atom. The zero-order valence-electron chi connectivity index (χ0n) is 15.8. The maximum absolute atomic E-state index is 11.7. The summed E-state index contributed by atoms with van der Waals surface area (Å²) >= 11 is 7.96. The highest BCUT2D eigenvalue weighted by molar-refractivity contribution is 7.17. The predicted octanol–water partition coefficient (Wildman–Crippen LogP) is 2.97. The minimum Gasteiger partial charge on any atom is -0.492 e. The van der Waals surface area contributed by atoms with Crippen molar-refractivity contribution in [1.82, 2.24) is 24.4 Å². The van der Waals surface area contributed by atoms with Gasteiger partial charge in [0.05, 0.1) is 10.9 Å². The Labute approximate surface area is 172 Å². The Morgan fingerprint density at radius 1 is 1.29 bits per heavy atom. The molecule has 1 fully saturated rings.